The molecular formula is C45H87NO5. The lowest BCUT2D eigenvalue weighted by molar-refractivity contribution is -0.150. The summed E-state index contributed by atoms with van der Waals surface area (Å²) < 4.78 is 16.7. The summed E-state index contributed by atoms with van der Waals surface area (Å²) in [5.74, 6) is -0.0404. The highest BCUT2D eigenvalue weighted by Crippen LogP contribution is 2.18. The van der Waals surface area contributed by atoms with E-state index in [1.54, 1.807) is 7.11 Å². The molecule has 0 spiro atoms. The van der Waals surface area contributed by atoms with E-state index in [0.29, 0.717) is 19.4 Å². The van der Waals surface area contributed by atoms with E-state index in [1.165, 1.54) is 141 Å². The van der Waals surface area contributed by atoms with E-state index >= 15 is 0 Å². The zero-order valence-corrected chi connectivity index (χ0v) is 34.7. The monoisotopic (exact) mass is 722 g/mol. The van der Waals surface area contributed by atoms with Crippen molar-refractivity contribution in [3.05, 3.63) is 12.2 Å². The van der Waals surface area contributed by atoms with Crippen LogP contribution in [0.25, 0.3) is 0 Å². The number of hydrogen-bond donors (Lipinski definition) is 0. The summed E-state index contributed by atoms with van der Waals surface area (Å²) in [5, 5.41) is 0. The van der Waals surface area contributed by atoms with E-state index in [0.717, 1.165) is 71.2 Å². The predicted octanol–water partition coefficient (Wildman–Crippen LogP) is 13.1. The zero-order chi connectivity index (χ0) is 37.3. The maximum absolute atomic E-state index is 12.7. The maximum atomic E-state index is 12.7. The Balaban J connectivity index is 4.05. The van der Waals surface area contributed by atoms with Crippen molar-refractivity contribution in [3.63, 3.8) is 0 Å². The molecule has 0 saturated heterocycles. The number of nitrogens with zero attached hydrogens (tertiary/aromatic N) is 1. The van der Waals surface area contributed by atoms with Gasteiger partial charge in [-0.05, 0) is 77.3 Å². The van der Waals surface area contributed by atoms with Crippen molar-refractivity contribution >= 4 is 11.9 Å². The first kappa shape index (κ1) is 49.6. The molecule has 302 valence electrons. The summed E-state index contributed by atoms with van der Waals surface area (Å²) in [4.78, 5) is 27.2. The molecule has 0 amide bonds. The van der Waals surface area contributed by atoms with Crippen LogP contribution in [0.5, 0.6) is 0 Å². The molecule has 0 atom stereocenters. The molecule has 0 N–H and O–H groups in total. The lowest BCUT2D eigenvalue weighted by atomic mass is 10.0. The third kappa shape index (κ3) is 38.1. The second kappa shape index (κ2) is 41.4. The van der Waals surface area contributed by atoms with Gasteiger partial charge in [-0.25, -0.2) is 0 Å². The SMILES string of the molecule is CCCCCC/C=C\COC(=O)CCCCCCCN(CCCCCCCC(=O)OC(CCCCCCCC)CCCCCCCC)CCOC. The van der Waals surface area contributed by atoms with Crippen molar-refractivity contribution in [1.29, 1.82) is 0 Å². The summed E-state index contributed by atoms with van der Waals surface area (Å²) in [6, 6.07) is 0. The van der Waals surface area contributed by atoms with Gasteiger partial charge in [-0.3, -0.25) is 9.59 Å². The van der Waals surface area contributed by atoms with Crippen molar-refractivity contribution in [1.82, 2.24) is 4.90 Å². The number of methoxy groups -OCH3 is 1. The highest BCUT2D eigenvalue weighted by molar-refractivity contribution is 5.69. The van der Waals surface area contributed by atoms with Crippen LogP contribution in [-0.2, 0) is 23.8 Å². The minimum absolute atomic E-state index is 0.0267. The van der Waals surface area contributed by atoms with Crippen molar-refractivity contribution in [3.8, 4) is 0 Å². The molecule has 6 heteroatoms. The highest BCUT2D eigenvalue weighted by Gasteiger charge is 2.14. The van der Waals surface area contributed by atoms with Gasteiger partial charge in [0.25, 0.3) is 0 Å². The van der Waals surface area contributed by atoms with Crippen LogP contribution in [0, 0.1) is 0 Å². The van der Waals surface area contributed by atoms with Gasteiger partial charge in [0.15, 0.2) is 0 Å². The van der Waals surface area contributed by atoms with Crippen LogP contribution in [0.1, 0.15) is 220 Å². The lowest BCUT2D eigenvalue weighted by Crippen LogP contribution is -2.29. The van der Waals surface area contributed by atoms with Gasteiger partial charge in [-0.1, -0.05) is 155 Å². The molecule has 6 nitrogen and oxygen atoms in total. The van der Waals surface area contributed by atoms with Crippen LogP contribution in [0.15, 0.2) is 12.2 Å². The number of carbonyl (C=O) groups excluding carboxylic acids is 2. The van der Waals surface area contributed by atoms with E-state index in [2.05, 4.69) is 31.7 Å². The fraction of sp³-hybridized carbons (Fsp3) is 0.911. The molecule has 0 aromatic heterocycles. The summed E-state index contributed by atoms with van der Waals surface area (Å²) in [6.07, 6.45) is 40.3. The molecule has 51 heavy (non-hydrogen) atoms. The van der Waals surface area contributed by atoms with Gasteiger partial charge in [-0.15, -0.1) is 0 Å². The Kier molecular flexibility index (Phi) is 40.2. The Morgan fingerprint density at radius 1 is 0.510 bits per heavy atom. The molecular weight excluding hydrogens is 634 g/mol. The number of hydrogen-bond acceptors (Lipinski definition) is 6. The molecule has 0 radical (unpaired) electrons. The molecule has 0 unspecified atom stereocenters. The summed E-state index contributed by atoms with van der Waals surface area (Å²) in [6.45, 7) is 11.2. The molecule has 0 aliphatic heterocycles. The van der Waals surface area contributed by atoms with Gasteiger partial charge in [0, 0.05) is 26.5 Å². The van der Waals surface area contributed by atoms with Crippen LogP contribution in [0.2, 0.25) is 0 Å². The number of unbranched alkanes of at least 4 members (excludes halogenated alkanes) is 22. The topological polar surface area (TPSA) is 65.1 Å². The van der Waals surface area contributed by atoms with Gasteiger partial charge in [0.05, 0.1) is 6.61 Å². The molecule has 0 aromatic carbocycles. The van der Waals surface area contributed by atoms with E-state index in [1.807, 2.05) is 6.08 Å². The van der Waals surface area contributed by atoms with Crippen LogP contribution >= 0.6 is 0 Å². The Morgan fingerprint density at radius 3 is 1.49 bits per heavy atom. The van der Waals surface area contributed by atoms with Gasteiger partial charge < -0.3 is 19.1 Å². The fourth-order valence-electron chi connectivity index (χ4n) is 6.73. The predicted molar refractivity (Wildman–Crippen MR) is 218 cm³/mol. The first-order valence-electron chi connectivity index (χ1n) is 22.3. The van der Waals surface area contributed by atoms with E-state index < -0.39 is 0 Å². The average Bonchev–Trinajstić information content (AvgIpc) is 3.13. The summed E-state index contributed by atoms with van der Waals surface area (Å²) in [7, 11) is 1.78. The quantitative estimate of drug-likeness (QED) is 0.0356. The molecule has 0 bridgehead atoms. The largest absolute Gasteiger partial charge is 0.462 e. The normalized spacial score (nSPS) is 11.7. The number of rotatable bonds is 41. The minimum atomic E-state index is -0.0671. The van der Waals surface area contributed by atoms with Crippen LogP contribution in [0.4, 0.5) is 0 Å². The molecule has 0 aliphatic carbocycles. The number of ether oxygens (including phenoxy) is 3. The Hall–Kier alpha value is -1.40. The standard InChI is InChI=1S/C45H87NO5/c1-5-8-11-14-17-26-33-41-50-44(47)36-29-22-18-24-31-38-46(40-42-49-4)39-32-25-19-23-30-37-45(48)51-43(34-27-20-15-12-9-6-2)35-28-21-16-13-10-7-3/h26,33,43H,5-25,27-32,34-42H2,1-4H3/b33-26-. The summed E-state index contributed by atoms with van der Waals surface area (Å²) in [5.41, 5.74) is 0. The fourth-order valence-corrected chi connectivity index (χ4v) is 6.73. The first-order chi connectivity index (χ1) is 25.1. The van der Waals surface area contributed by atoms with E-state index in [-0.39, 0.29) is 18.0 Å². The molecule has 0 rings (SSSR count). The van der Waals surface area contributed by atoms with Crippen molar-refractivity contribution in [2.24, 2.45) is 0 Å². The van der Waals surface area contributed by atoms with Crippen LogP contribution in [0.3, 0.4) is 0 Å². The van der Waals surface area contributed by atoms with E-state index in [4.69, 9.17) is 14.2 Å². The molecule has 0 heterocycles. The summed E-state index contributed by atoms with van der Waals surface area (Å²) >= 11 is 0. The maximum Gasteiger partial charge on any atom is 0.306 e. The van der Waals surface area contributed by atoms with Gasteiger partial charge in [0.1, 0.15) is 12.7 Å². The number of carbonyl (C=O) groups is 2. The third-order valence-electron chi connectivity index (χ3n) is 10.1. The number of allylic oxidation sites excluding steroid dienone is 1. The van der Waals surface area contributed by atoms with E-state index in [9.17, 15) is 9.59 Å². The number of esters is 2. The molecule has 0 fully saturated rings. The lowest BCUT2D eigenvalue weighted by Gasteiger charge is -2.22. The molecule has 0 aliphatic rings. The Labute approximate surface area is 318 Å². The van der Waals surface area contributed by atoms with Gasteiger partial charge in [0.2, 0.25) is 0 Å². The Bertz CT molecular complexity index is 741. The Morgan fingerprint density at radius 2 is 0.961 bits per heavy atom. The van der Waals surface area contributed by atoms with Gasteiger partial charge in [-0.2, -0.15) is 0 Å². The molecule has 0 aromatic rings. The van der Waals surface area contributed by atoms with Crippen molar-refractivity contribution < 1.29 is 23.8 Å². The minimum Gasteiger partial charge on any atom is -0.462 e. The second-order valence-electron chi connectivity index (χ2n) is 15.1. The van der Waals surface area contributed by atoms with Crippen LogP contribution < -0.4 is 0 Å². The zero-order valence-electron chi connectivity index (χ0n) is 34.7. The first-order valence-corrected chi connectivity index (χ1v) is 22.3. The molecule has 0 saturated carbocycles. The third-order valence-corrected chi connectivity index (χ3v) is 10.1. The van der Waals surface area contributed by atoms with Gasteiger partial charge >= 0.3 is 11.9 Å². The van der Waals surface area contributed by atoms with Crippen LogP contribution in [-0.4, -0.2) is 62.9 Å². The second-order valence-corrected chi connectivity index (χ2v) is 15.1. The van der Waals surface area contributed by atoms with Crippen molar-refractivity contribution in [2.75, 3.05) is 40.0 Å². The highest BCUT2D eigenvalue weighted by atomic mass is 16.5. The van der Waals surface area contributed by atoms with Crippen molar-refractivity contribution in [2.45, 2.75) is 226 Å². The average molecular weight is 722 g/mol. The smallest absolute Gasteiger partial charge is 0.306 e.